The van der Waals surface area contributed by atoms with Gasteiger partial charge in [0.15, 0.2) is 11.5 Å². The van der Waals surface area contributed by atoms with Crippen molar-refractivity contribution < 1.29 is 9.90 Å². The first kappa shape index (κ1) is 9.77. The van der Waals surface area contributed by atoms with Crippen LogP contribution in [0.15, 0.2) is 22.8 Å². The van der Waals surface area contributed by atoms with Crippen LogP contribution in [0.25, 0.3) is 5.65 Å². The highest BCUT2D eigenvalue weighted by Crippen LogP contribution is 2.46. The standard InChI is InChI=1S/C10H8BrN3O2/c11-5-1-2-8-12-9(13-14(8)4-5)6-3-7(6)10(15)16/h1-2,4,6-7H,3H2,(H,15,16). The predicted octanol–water partition coefficient (Wildman–Crippen LogP) is 1.68. The molecular weight excluding hydrogens is 274 g/mol. The van der Waals surface area contributed by atoms with Gasteiger partial charge in [-0.3, -0.25) is 4.79 Å². The van der Waals surface area contributed by atoms with Crippen LogP contribution < -0.4 is 0 Å². The molecule has 0 aliphatic heterocycles. The van der Waals surface area contributed by atoms with Crippen LogP contribution in [0.3, 0.4) is 0 Å². The smallest absolute Gasteiger partial charge is 0.307 e. The van der Waals surface area contributed by atoms with Gasteiger partial charge in [0.25, 0.3) is 0 Å². The molecule has 2 atom stereocenters. The molecule has 3 rings (SSSR count). The second-order valence-corrected chi connectivity index (χ2v) is 4.82. The summed E-state index contributed by atoms with van der Waals surface area (Å²) in [6.07, 6.45) is 2.46. The first-order valence-electron chi connectivity index (χ1n) is 4.90. The largest absolute Gasteiger partial charge is 0.481 e. The van der Waals surface area contributed by atoms with Crippen molar-refractivity contribution >= 4 is 27.5 Å². The lowest BCUT2D eigenvalue weighted by molar-refractivity contribution is -0.138. The zero-order valence-electron chi connectivity index (χ0n) is 8.17. The number of aromatic nitrogens is 3. The van der Waals surface area contributed by atoms with E-state index in [0.29, 0.717) is 12.2 Å². The van der Waals surface area contributed by atoms with Crippen LogP contribution in [-0.4, -0.2) is 25.7 Å². The Labute approximate surface area is 99.2 Å². The van der Waals surface area contributed by atoms with Gasteiger partial charge < -0.3 is 5.11 Å². The molecule has 1 fully saturated rings. The van der Waals surface area contributed by atoms with E-state index in [1.165, 1.54) is 0 Å². The molecule has 2 unspecified atom stereocenters. The SMILES string of the molecule is O=C(O)C1CC1c1nc2ccc(Br)cn2n1. The molecule has 1 aliphatic rings. The highest BCUT2D eigenvalue weighted by molar-refractivity contribution is 9.10. The summed E-state index contributed by atoms with van der Waals surface area (Å²) < 4.78 is 2.58. The van der Waals surface area contributed by atoms with Gasteiger partial charge in [-0.25, -0.2) is 9.50 Å². The zero-order valence-corrected chi connectivity index (χ0v) is 9.75. The Morgan fingerprint density at radius 2 is 2.38 bits per heavy atom. The third-order valence-electron chi connectivity index (χ3n) is 2.75. The van der Waals surface area contributed by atoms with Crippen LogP contribution in [0.2, 0.25) is 0 Å². The van der Waals surface area contributed by atoms with Gasteiger partial charge in [0.1, 0.15) is 0 Å². The van der Waals surface area contributed by atoms with Crippen LogP contribution in [0, 0.1) is 5.92 Å². The molecule has 2 heterocycles. The normalized spacial score (nSPS) is 23.6. The molecule has 82 valence electrons. The van der Waals surface area contributed by atoms with E-state index in [9.17, 15) is 4.79 Å². The molecule has 1 saturated carbocycles. The summed E-state index contributed by atoms with van der Waals surface area (Å²) in [5.74, 6) is -0.451. The van der Waals surface area contributed by atoms with E-state index in [0.717, 1.165) is 10.1 Å². The summed E-state index contributed by atoms with van der Waals surface area (Å²) in [6, 6.07) is 3.73. The molecule has 2 aromatic heterocycles. The molecule has 6 heteroatoms. The highest BCUT2D eigenvalue weighted by Gasteiger charge is 2.46. The third-order valence-corrected chi connectivity index (χ3v) is 3.22. The molecule has 0 aromatic carbocycles. The summed E-state index contributed by atoms with van der Waals surface area (Å²) in [4.78, 5) is 15.1. The van der Waals surface area contributed by atoms with Gasteiger partial charge >= 0.3 is 5.97 Å². The molecule has 16 heavy (non-hydrogen) atoms. The Bertz CT molecular complexity index is 580. The number of nitrogens with zero attached hydrogens (tertiary/aromatic N) is 3. The molecule has 0 saturated heterocycles. The van der Waals surface area contributed by atoms with Gasteiger partial charge in [-0.1, -0.05) is 0 Å². The van der Waals surface area contributed by atoms with E-state index in [2.05, 4.69) is 26.0 Å². The average Bonchev–Trinajstić information content (AvgIpc) is 2.93. The molecule has 0 spiro atoms. The monoisotopic (exact) mass is 281 g/mol. The Kier molecular flexibility index (Phi) is 2.00. The van der Waals surface area contributed by atoms with Crippen molar-refractivity contribution in [2.45, 2.75) is 12.3 Å². The summed E-state index contributed by atoms with van der Waals surface area (Å²) in [5.41, 5.74) is 0.745. The van der Waals surface area contributed by atoms with Crippen LogP contribution in [0.4, 0.5) is 0 Å². The summed E-state index contributed by atoms with van der Waals surface area (Å²) in [7, 11) is 0. The number of halogens is 1. The third kappa shape index (κ3) is 1.49. The Morgan fingerprint density at radius 1 is 1.56 bits per heavy atom. The molecule has 1 aliphatic carbocycles. The minimum absolute atomic E-state index is 0.0174. The second-order valence-electron chi connectivity index (χ2n) is 3.91. The number of carboxylic acids is 1. The molecule has 0 amide bonds. The summed E-state index contributed by atoms with van der Waals surface area (Å²) >= 11 is 3.35. The van der Waals surface area contributed by atoms with Crippen LogP contribution in [-0.2, 0) is 4.79 Å². The maximum absolute atomic E-state index is 10.7. The van der Waals surface area contributed by atoms with Gasteiger partial charge in [0.05, 0.1) is 5.92 Å². The minimum atomic E-state index is -0.759. The van der Waals surface area contributed by atoms with Crippen molar-refractivity contribution in [2.75, 3.05) is 0 Å². The zero-order chi connectivity index (χ0) is 11.3. The van der Waals surface area contributed by atoms with E-state index in [-0.39, 0.29) is 11.8 Å². The fourth-order valence-corrected chi connectivity index (χ4v) is 2.11. The van der Waals surface area contributed by atoms with Crippen LogP contribution in [0.5, 0.6) is 0 Å². The van der Waals surface area contributed by atoms with Gasteiger partial charge in [-0.05, 0) is 34.5 Å². The number of hydrogen-bond acceptors (Lipinski definition) is 3. The fraction of sp³-hybridized carbons (Fsp3) is 0.300. The lowest BCUT2D eigenvalue weighted by Crippen LogP contribution is -1.99. The number of hydrogen-bond donors (Lipinski definition) is 1. The van der Waals surface area contributed by atoms with Gasteiger partial charge in [-0.2, -0.15) is 5.10 Å². The fourth-order valence-electron chi connectivity index (χ4n) is 1.79. The number of fused-ring (bicyclic) bond motifs is 1. The number of carbonyl (C=O) groups is 1. The van der Waals surface area contributed by atoms with Crippen molar-refractivity contribution in [3.8, 4) is 0 Å². The summed E-state index contributed by atoms with van der Waals surface area (Å²) in [5, 5.41) is 13.1. The maximum atomic E-state index is 10.7. The average molecular weight is 282 g/mol. The van der Waals surface area contributed by atoms with Crippen molar-refractivity contribution in [2.24, 2.45) is 5.92 Å². The molecular formula is C10H8BrN3O2. The van der Waals surface area contributed by atoms with E-state index in [4.69, 9.17) is 5.11 Å². The van der Waals surface area contributed by atoms with E-state index >= 15 is 0 Å². The van der Waals surface area contributed by atoms with Crippen molar-refractivity contribution in [1.29, 1.82) is 0 Å². The number of pyridine rings is 1. The maximum Gasteiger partial charge on any atom is 0.307 e. The molecule has 5 nitrogen and oxygen atoms in total. The van der Waals surface area contributed by atoms with Crippen LogP contribution >= 0.6 is 15.9 Å². The Balaban J connectivity index is 1.98. The van der Waals surface area contributed by atoms with Gasteiger partial charge in [-0.15, -0.1) is 0 Å². The number of rotatable bonds is 2. The van der Waals surface area contributed by atoms with Crippen molar-refractivity contribution in [1.82, 2.24) is 14.6 Å². The van der Waals surface area contributed by atoms with Gasteiger partial charge in [0, 0.05) is 16.6 Å². The van der Waals surface area contributed by atoms with Crippen LogP contribution in [0.1, 0.15) is 18.2 Å². The summed E-state index contributed by atoms with van der Waals surface area (Å²) in [6.45, 7) is 0. The predicted molar refractivity (Wildman–Crippen MR) is 59.2 cm³/mol. The Hall–Kier alpha value is -1.43. The van der Waals surface area contributed by atoms with Crippen molar-refractivity contribution in [3.63, 3.8) is 0 Å². The Morgan fingerprint density at radius 3 is 3.06 bits per heavy atom. The van der Waals surface area contributed by atoms with E-state index in [1.807, 2.05) is 18.3 Å². The van der Waals surface area contributed by atoms with Gasteiger partial charge in [0.2, 0.25) is 0 Å². The van der Waals surface area contributed by atoms with E-state index < -0.39 is 5.97 Å². The highest BCUT2D eigenvalue weighted by atomic mass is 79.9. The number of aliphatic carboxylic acids is 1. The molecule has 2 aromatic rings. The lowest BCUT2D eigenvalue weighted by Gasteiger charge is -1.90. The first-order chi connectivity index (χ1) is 7.65. The molecule has 1 N–H and O–H groups in total. The van der Waals surface area contributed by atoms with Crippen molar-refractivity contribution in [3.05, 3.63) is 28.6 Å². The minimum Gasteiger partial charge on any atom is -0.481 e. The second kappa shape index (κ2) is 3.28. The lowest BCUT2D eigenvalue weighted by atomic mass is 10.3. The topological polar surface area (TPSA) is 67.5 Å². The quantitative estimate of drug-likeness (QED) is 0.910. The number of carboxylic acid groups (broad SMARTS) is 1. The molecule has 0 radical (unpaired) electrons. The first-order valence-corrected chi connectivity index (χ1v) is 5.69. The molecule has 0 bridgehead atoms. The van der Waals surface area contributed by atoms with E-state index in [1.54, 1.807) is 4.52 Å².